The molecule has 2 fully saturated rings. The Kier molecular flexibility index (Phi) is 4.02. The number of carbonyl (C=O) groups excluding carboxylic acids is 2. The standard InChI is InChI=1S/C13H22N2O2/c1-2-10-5-7-15(8-6-10)13(17)11-3-4-12(16)14-9-11/h10-11H,2-9H2,1H3,(H,14,16). The van der Waals surface area contributed by atoms with Crippen molar-refractivity contribution in [2.45, 2.75) is 39.0 Å². The molecule has 2 aliphatic rings. The summed E-state index contributed by atoms with van der Waals surface area (Å²) in [5, 5.41) is 2.79. The molecule has 1 atom stereocenters. The molecule has 2 saturated heterocycles. The molecule has 2 rings (SSSR count). The first-order chi connectivity index (χ1) is 8.20. The van der Waals surface area contributed by atoms with Gasteiger partial charge in [-0.05, 0) is 25.2 Å². The van der Waals surface area contributed by atoms with Gasteiger partial charge in [0.05, 0.1) is 5.92 Å². The number of likely N-dealkylation sites (tertiary alicyclic amines) is 1. The molecule has 4 nitrogen and oxygen atoms in total. The molecule has 0 aromatic carbocycles. The Hall–Kier alpha value is -1.06. The first-order valence-corrected chi connectivity index (χ1v) is 6.76. The monoisotopic (exact) mass is 238 g/mol. The van der Waals surface area contributed by atoms with Crippen LogP contribution >= 0.6 is 0 Å². The molecular formula is C13H22N2O2. The van der Waals surface area contributed by atoms with Gasteiger partial charge in [-0.25, -0.2) is 0 Å². The summed E-state index contributed by atoms with van der Waals surface area (Å²) in [6.45, 7) is 4.56. The van der Waals surface area contributed by atoms with E-state index in [0.717, 1.165) is 38.3 Å². The zero-order valence-electron chi connectivity index (χ0n) is 10.6. The molecule has 0 aromatic heterocycles. The third-order valence-electron chi connectivity index (χ3n) is 4.12. The van der Waals surface area contributed by atoms with Crippen LogP contribution in [0.4, 0.5) is 0 Å². The maximum atomic E-state index is 12.2. The summed E-state index contributed by atoms with van der Waals surface area (Å²) in [4.78, 5) is 25.3. The van der Waals surface area contributed by atoms with Gasteiger partial charge in [-0.3, -0.25) is 9.59 Å². The molecule has 96 valence electrons. The molecule has 1 N–H and O–H groups in total. The highest BCUT2D eigenvalue weighted by Gasteiger charge is 2.30. The number of nitrogens with one attached hydrogen (secondary N) is 1. The molecule has 0 spiro atoms. The van der Waals surface area contributed by atoms with E-state index in [1.807, 2.05) is 4.90 Å². The van der Waals surface area contributed by atoms with Crippen molar-refractivity contribution in [2.24, 2.45) is 11.8 Å². The molecule has 2 aliphatic heterocycles. The Balaban J connectivity index is 1.82. The van der Waals surface area contributed by atoms with Gasteiger partial charge in [0.2, 0.25) is 11.8 Å². The highest BCUT2D eigenvalue weighted by molar-refractivity contribution is 5.83. The highest BCUT2D eigenvalue weighted by Crippen LogP contribution is 2.22. The molecule has 4 heteroatoms. The number of nitrogens with zero attached hydrogens (tertiary/aromatic N) is 1. The summed E-state index contributed by atoms with van der Waals surface area (Å²) in [5.41, 5.74) is 0. The number of amides is 2. The van der Waals surface area contributed by atoms with E-state index >= 15 is 0 Å². The zero-order valence-corrected chi connectivity index (χ0v) is 10.6. The molecule has 0 aromatic rings. The molecule has 0 bridgehead atoms. The first-order valence-electron chi connectivity index (χ1n) is 6.76. The normalized spacial score (nSPS) is 26.8. The number of piperidine rings is 2. The summed E-state index contributed by atoms with van der Waals surface area (Å²) < 4.78 is 0. The zero-order chi connectivity index (χ0) is 12.3. The SMILES string of the molecule is CCC1CCN(C(=O)C2CCC(=O)NC2)CC1. The Morgan fingerprint density at radius 2 is 2.06 bits per heavy atom. The van der Waals surface area contributed by atoms with Crippen LogP contribution in [0.5, 0.6) is 0 Å². The minimum atomic E-state index is 0.0193. The lowest BCUT2D eigenvalue weighted by Crippen LogP contribution is -2.47. The topological polar surface area (TPSA) is 49.4 Å². The van der Waals surface area contributed by atoms with Crippen LogP contribution in [0.2, 0.25) is 0 Å². The molecule has 17 heavy (non-hydrogen) atoms. The van der Waals surface area contributed by atoms with E-state index in [0.29, 0.717) is 13.0 Å². The van der Waals surface area contributed by atoms with E-state index < -0.39 is 0 Å². The fourth-order valence-corrected chi connectivity index (χ4v) is 2.76. The number of rotatable bonds is 2. The second-order valence-corrected chi connectivity index (χ2v) is 5.22. The Morgan fingerprint density at radius 3 is 2.59 bits per heavy atom. The van der Waals surface area contributed by atoms with Gasteiger partial charge >= 0.3 is 0 Å². The lowest BCUT2D eigenvalue weighted by Gasteiger charge is -2.34. The molecule has 2 amide bonds. The van der Waals surface area contributed by atoms with Gasteiger partial charge < -0.3 is 10.2 Å². The van der Waals surface area contributed by atoms with Crippen LogP contribution < -0.4 is 5.32 Å². The summed E-state index contributed by atoms with van der Waals surface area (Å²) in [6, 6.07) is 0. The average molecular weight is 238 g/mol. The third-order valence-corrected chi connectivity index (χ3v) is 4.12. The van der Waals surface area contributed by atoms with E-state index in [2.05, 4.69) is 12.2 Å². The maximum Gasteiger partial charge on any atom is 0.227 e. The van der Waals surface area contributed by atoms with Gasteiger partial charge in [-0.2, -0.15) is 0 Å². The maximum absolute atomic E-state index is 12.2. The van der Waals surface area contributed by atoms with Crippen LogP contribution in [0.15, 0.2) is 0 Å². The van der Waals surface area contributed by atoms with Crippen LogP contribution in [0.1, 0.15) is 39.0 Å². The number of hydrogen-bond acceptors (Lipinski definition) is 2. The molecule has 0 saturated carbocycles. The van der Waals surface area contributed by atoms with Crippen LogP contribution in [-0.2, 0) is 9.59 Å². The largest absolute Gasteiger partial charge is 0.355 e. The van der Waals surface area contributed by atoms with E-state index in [4.69, 9.17) is 0 Å². The van der Waals surface area contributed by atoms with Crippen LogP contribution in [0.3, 0.4) is 0 Å². The quantitative estimate of drug-likeness (QED) is 0.785. The highest BCUT2D eigenvalue weighted by atomic mass is 16.2. The Bertz CT molecular complexity index is 286. The van der Waals surface area contributed by atoms with Crippen LogP contribution in [0.25, 0.3) is 0 Å². The molecular weight excluding hydrogens is 216 g/mol. The minimum Gasteiger partial charge on any atom is -0.355 e. The minimum absolute atomic E-state index is 0.0193. The molecule has 2 heterocycles. The van der Waals surface area contributed by atoms with Gasteiger partial charge in [-0.15, -0.1) is 0 Å². The van der Waals surface area contributed by atoms with Gasteiger partial charge in [0.1, 0.15) is 0 Å². The fraction of sp³-hybridized carbons (Fsp3) is 0.846. The average Bonchev–Trinajstić information content (AvgIpc) is 2.39. The van der Waals surface area contributed by atoms with E-state index in [1.165, 1.54) is 6.42 Å². The predicted octanol–water partition coefficient (Wildman–Crippen LogP) is 1.16. The lowest BCUT2D eigenvalue weighted by molar-refractivity contribution is -0.138. The van der Waals surface area contributed by atoms with Crippen molar-refractivity contribution >= 4 is 11.8 Å². The number of hydrogen-bond donors (Lipinski definition) is 1. The van der Waals surface area contributed by atoms with Gasteiger partial charge in [0.25, 0.3) is 0 Å². The summed E-state index contributed by atoms with van der Waals surface area (Å²) in [6.07, 6.45) is 4.73. The van der Waals surface area contributed by atoms with Crippen molar-refractivity contribution in [3.63, 3.8) is 0 Å². The second-order valence-electron chi connectivity index (χ2n) is 5.22. The predicted molar refractivity (Wildman–Crippen MR) is 65.3 cm³/mol. The van der Waals surface area contributed by atoms with Gasteiger partial charge in [-0.1, -0.05) is 13.3 Å². The smallest absolute Gasteiger partial charge is 0.227 e. The molecule has 0 radical (unpaired) electrons. The Morgan fingerprint density at radius 1 is 1.35 bits per heavy atom. The van der Waals surface area contributed by atoms with Crippen molar-refractivity contribution in [3.8, 4) is 0 Å². The second kappa shape index (κ2) is 5.52. The van der Waals surface area contributed by atoms with Gasteiger partial charge in [0.15, 0.2) is 0 Å². The van der Waals surface area contributed by atoms with Crippen molar-refractivity contribution in [1.82, 2.24) is 10.2 Å². The van der Waals surface area contributed by atoms with E-state index in [9.17, 15) is 9.59 Å². The van der Waals surface area contributed by atoms with Crippen LogP contribution in [-0.4, -0.2) is 36.3 Å². The summed E-state index contributed by atoms with van der Waals surface area (Å²) >= 11 is 0. The molecule has 1 unspecified atom stereocenters. The van der Waals surface area contributed by atoms with Crippen molar-refractivity contribution in [2.75, 3.05) is 19.6 Å². The van der Waals surface area contributed by atoms with Crippen molar-refractivity contribution < 1.29 is 9.59 Å². The fourth-order valence-electron chi connectivity index (χ4n) is 2.76. The van der Waals surface area contributed by atoms with Gasteiger partial charge in [0, 0.05) is 26.1 Å². The molecule has 0 aliphatic carbocycles. The summed E-state index contributed by atoms with van der Waals surface area (Å²) in [7, 11) is 0. The van der Waals surface area contributed by atoms with E-state index in [1.54, 1.807) is 0 Å². The van der Waals surface area contributed by atoms with Crippen molar-refractivity contribution in [3.05, 3.63) is 0 Å². The first kappa shape index (κ1) is 12.4. The van der Waals surface area contributed by atoms with Crippen molar-refractivity contribution in [1.29, 1.82) is 0 Å². The van der Waals surface area contributed by atoms with Crippen LogP contribution in [0, 0.1) is 11.8 Å². The lowest BCUT2D eigenvalue weighted by atomic mass is 9.92. The van der Waals surface area contributed by atoms with E-state index in [-0.39, 0.29) is 17.7 Å². The third kappa shape index (κ3) is 2.99. The summed E-state index contributed by atoms with van der Waals surface area (Å²) in [5.74, 6) is 1.15. The Labute approximate surface area is 103 Å². The number of carbonyl (C=O) groups is 2.